The van der Waals surface area contributed by atoms with Crippen LogP contribution in [-0.4, -0.2) is 33.9 Å². The topological polar surface area (TPSA) is 73.9 Å². The highest BCUT2D eigenvalue weighted by molar-refractivity contribution is 6.08. The van der Waals surface area contributed by atoms with E-state index >= 15 is 0 Å². The number of aromatic amines is 1. The van der Waals surface area contributed by atoms with Crippen LogP contribution in [0.2, 0.25) is 0 Å². The zero-order valence-electron chi connectivity index (χ0n) is 15.9. The van der Waals surface area contributed by atoms with Gasteiger partial charge in [0.2, 0.25) is 0 Å². The Balaban J connectivity index is 1.38. The maximum Gasteiger partial charge on any atom is 0.259 e. The quantitative estimate of drug-likeness (QED) is 0.706. The van der Waals surface area contributed by atoms with E-state index in [0.29, 0.717) is 11.5 Å². The van der Waals surface area contributed by atoms with E-state index in [4.69, 9.17) is 4.98 Å². The maximum atomic E-state index is 13.0. The monoisotopic (exact) mass is 375 g/mol. The van der Waals surface area contributed by atoms with Crippen LogP contribution in [0.3, 0.4) is 0 Å². The van der Waals surface area contributed by atoms with Gasteiger partial charge in [0.1, 0.15) is 11.6 Å². The summed E-state index contributed by atoms with van der Waals surface area (Å²) in [6.07, 6.45) is 9.02. The van der Waals surface area contributed by atoms with Crippen LogP contribution in [0.15, 0.2) is 36.5 Å². The van der Waals surface area contributed by atoms with E-state index < -0.39 is 0 Å². The second-order valence-electron chi connectivity index (χ2n) is 7.86. The Kier molecular flexibility index (Phi) is 4.47. The minimum absolute atomic E-state index is 0.119. The molecule has 1 aromatic carbocycles. The molecule has 2 fully saturated rings. The van der Waals surface area contributed by atoms with Gasteiger partial charge in [-0.15, -0.1) is 0 Å². The number of H-pyrrole nitrogens is 1. The van der Waals surface area contributed by atoms with Crippen LogP contribution in [0, 0.1) is 0 Å². The number of hydrogen-bond acceptors (Lipinski definition) is 4. The smallest absolute Gasteiger partial charge is 0.259 e. The zero-order chi connectivity index (χ0) is 18.9. The molecule has 144 valence electrons. The van der Waals surface area contributed by atoms with E-state index in [2.05, 4.69) is 20.2 Å². The van der Waals surface area contributed by atoms with Crippen LogP contribution in [0.5, 0.6) is 0 Å². The fourth-order valence-electron chi connectivity index (χ4n) is 4.11. The van der Waals surface area contributed by atoms with E-state index in [9.17, 15) is 4.79 Å². The highest BCUT2D eigenvalue weighted by Crippen LogP contribution is 2.35. The van der Waals surface area contributed by atoms with Crippen LogP contribution in [0.25, 0.3) is 11.0 Å². The van der Waals surface area contributed by atoms with Gasteiger partial charge in [0.05, 0.1) is 16.6 Å². The molecule has 2 aliphatic rings. The number of carbonyl (C=O) groups is 1. The number of nitrogens with one attached hydrogen (secondary N) is 2. The van der Waals surface area contributed by atoms with Gasteiger partial charge in [-0.2, -0.15) is 0 Å². The summed E-state index contributed by atoms with van der Waals surface area (Å²) in [5.41, 5.74) is 3.33. The SMILES string of the molecule is O=C(Nc1ccc2nc(C3CCC3)[nH]c2c1)c1cccnc1N1CCCCC1. The maximum absolute atomic E-state index is 13.0. The van der Waals surface area contributed by atoms with E-state index in [1.807, 2.05) is 30.3 Å². The molecule has 0 spiro atoms. The molecule has 1 amide bonds. The van der Waals surface area contributed by atoms with Crippen molar-refractivity contribution in [2.75, 3.05) is 23.3 Å². The van der Waals surface area contributed by atoms with Gasteiger partial charge < -0.3 is 15.2 Å². The molecule has 5 rings (SSSR count). The van der Waals surface area contributed by atoms with Gasteiger partial charge in [-0.1, -0.05) is 6.42 Å². The lowest BCUT2D eigenvalue weighted by molar-refractivity contribution is 0.102. The number of aromatic nitrogens is 3. The average molecular weight is 375 g/mol. The second-order valence-corrected chi connectivity index (χ2v) is 7.86. The van der Waals surface area contributed by atoms with Crippen molar-refractivity contribution in [2.24, 2.45) is 0 Å². The molecule has 6 nitrogen and oxygen atoms in total. The number of anilines is 2. The fraction of sp³-hybridized carbons (Fsp3) is 0.409. The second kappa shape index (κ2) is 7.26. The summed E-state index contributed by atoms with van der Waals surface area (Å²) in [6, 6.07) is 9.54. The summed E-state index contributed by atoms with van der Waals surface area (Å²) in [6.45, 7) is 1.92. The zero-order valence-corrected chi connectivity index (χ0v) is 15.9. The lowest BCUT2D eigenvalue weighted by Crippen LogP contribution is -2.32. The van der Waals surface area contributed by atoms with Gasteiger partial charge in [0, 0.05) is 30.9 Å². The normalized spacial score (nSPS) is 17.5. The van der Waals surface area contributed by atoms with E-state index in [-0.39, 0.29) is 5.91 Å². The number of hydrogen-bond donors (Lipinski definition) is 2. The molecule has 1 aliphatic heterocycles. The molecule has 2 N–H and O–H groups in total. The molecular formula is C22H25N5O. The molecule has 1 aliphatic carbocycles. The molecule has 6 heteroatoms. The van der Waals surface area contributed by atoms with Crippen molar-refractivity contribution in [3.63, 3.8) is 0 Å². The number of amides is 1. The number of pyridine rings is 1. The van der Waals surface area contributed by atoms with Crippen LogP contribution in [0.1, 0.15) is 60.6 Å². The molecule has 3 heterocycles. The third kappa shape index (κ3) is 3.23. The largest absolute Gasteiger partial charge is 0.356 e. The molecule has 1 saturated heterocycles. The number of rotatable bonds is 4. The summed E-state index contributed by atoms with van der Waals surface area (Å²) in [5, 5.41) is 3.04. The van der Waals surface area contributed by atoms with E-state index in [0.717, 1.165) is 54.3 Å². The Morgan fingerprint density at radius 1 is 1.11 bits per heavy atom. The Morgan fingerprint density at radius 3 is 2.75 bits per heavy atom. The molecule has 0 atom stereocenters. The van der Waals surface area contributed by atoms with Crippen molar-refractivity contribution in [2.45, 2.75) is 44.4 Å². The van der Waals surface area contributed by atoms with Crippen molar-refractivity contribution in [3.8, 4) is 0 Å². The predicted octanol–water partition coefficient (Wildman–Crippen LogP) is 4.47. The highest BCUT2D eigenvalue weighted by atomic mass is 16.1. The molecule has 2 aromatic heterocycles. The first-order valence-electron chi connectivity index (χ1n) is 10.3. The molecule has 0 radical (unpaired) electrons. The summed E-state index contributed by atoms with van der Waals surface area (Å²) in [5.74, 6) is 2.30. The number of fused-ring (bicyclic) bond motifs is 1. The average Bonchev–Trinajstić information content (AvgIpc) is 3.09. The molecule has 3 aromatic rings. The number of imidazole rings is 1. The van der Waals surface area contributed by atoms with Gasteiger partial charge in [0.15, 0.2) is 0 Å². The van der Waals surface area contributed by atoms with Crippen molar-refractivity contribution in [1.29, 1.82) is 0 Å². The first-order chi connectivity index (χ1) is 13.8. The standard InChI is InChI=1S/C22H25N5O/c28-22(17-8-5-11-23-21(17)27-12-2-1-3-13-27)24-16-9-10-18-19(14-16)26-20(25-18)15-6-4-7-15/h5,8-11,14-15H,1-4,6-7,12-13H2,(H,24,28)(H,25,26). The minimum atomic E-state index is -0.119. The Morgan fingerprint density at radius 2 is 1.96 bits per heavy atom. The lowest BCUT2D eigenvalue weighted by atomic mass is 9.85. The van der Waals surface area contributed by atoms with E-state index in [1.165, 1.54) is 25.7 Å². The Labute approximate surface area is 164 Å². The molecule has 28 heavy (non-hydrogen) atoms. The van der Waals surface area contributed by atoms with Gasteiger partial charge in [-0.3, -0.25) is 4.79 Å². The van der Waals surface area contributed by atoms with Crippen LogP contribution < -0.4 is 10.2 Å². The van der Waals surface area contributed by atoms with Crippen molar-refractivity contribution < 1.29 is 4.79 Å². The van der Waals surface area contributed by atoms with Crippen molar-refractivity contribution in [3.05, 3.63) is 47.9 Å². The van der Waals surface area contributed by atoms with Crippen molar-refractivity contribution in [1.82, 2.24) is 15.0 Å². The summed E-state index contributed by atoms with van der Waals surface area (Å²) in [4.78, 5) is 27.8. The molecular weight excluding hydrogens is 350 g/mol. The predicted molar refractivity (Wildman–Crippen MR) is 111 cm³/mol. The summed E-state index contributed by atoms with van der Waals surface area (Å²) in [7, 11) is 0. The first-order valence-corrected chi connectivity index (χ1v) is 10.3. The lowest BCUT2D eigenvalue weighted by Gasteiger charge is -2.29. The summed E-state index contributed by atoms with van der Waals surface area (Å²) < 4.78 is 0. The summed E-state index contributed by atoms with van der Waals surface area (Å²) >= 11 is 0. The molecule has 0 bridgehead atoms. The number of piperidine rings is 1. The highest BCUT2D eigenvalue weighted by Gasteiger charge is 2.23. The van der Waals surface area contributed by atoms with E-state index in [1.54, 1.807) is 6.20 Å². The number of carbonyl (C=O) groups excluding carboxylic acids is 1. The number of benzene rings is 1. The third-order valence-corrected chi connectivity index (χ3v) is 5.94. The van der Waals surface area contributed by atoms with Crippen LogP contribution in [-0.2, 0) is 0 Å². The van der Waals surface area contributed by atoms with Crippen LogP contribution >= 0.6 is 0 Å². The Bertz CT molecular complexity index is 1000. The molecule has 1 saturated carbocycles. The fourth-order valence-corrected chi connectivity index (χ4v) is 4.11. The molecule has 0 unspecified atom stereocenters. The van der Waals surface area contributed by atoms with Gasteiger partial charge in [-0.05, 0) is 62.4 Å². The van der Waals surface area contributed by atoms with Gasteiger partial charge in [-0.25, -0.2) is 9.97 Å². The Hall–Kier alpha value is -2.89. The number of nitrogens with zero attached hydrogens (tertiary/aromatic N) is 3. The minimum Gasteiger partial charge on any atom is -0.356 e. The first kappa shape index (κ1) is 17.2. The van der Waals surface area contributed by atoms with Gasteiger partial charge >= 0.3 is 0 Å². The van der Waals surface area contributed by atoms with Gasteiger partial charge in [0.25, 0.3) is 5.91 Å². The third-order valence-electron chi connectivity index (χ3n) is 5.94. The van der Waals surface area contributed by atoms with Crippen LogP contribution in [0.4, 0.5) is 11.5 Å². The van der Waals surface area contributed by atoms with Crippen molar-refractivity contribution >= 4 is 28.4 Å².